The number of carboxylic acids is 1. The van der Waals surface area contributed by atoms with Crippen LogP contribution in [-0.2, 0) is 6.61 Å². The molecular formula is C22H20N2O4. The number of anilines is 1. The Balaban J connectivity index is 1.68. The van der Waals surface area contributed by atoms with E-state index in [0.29, 0.717) is 23.8 Å². The van der Waals surface area contributed by atoms with Crippen molar-refractivity contribution >= 4 is 17.9 Å². The number of nitrogens with one attached hydrogen (secondary N) is 1. The highest BCUT2D eigenvalue weighted by Crippen LogP contribution is 2.28. The SMILES string of the molecule is COc1cc(/C=N/Nc2ccccc2C(=O)O)ccc1OCc1ccccc1. The van der Waals surface area contributed by atoms with E-state index in [1.54, 1.807) is 37.6 Å². The van der Waals surface area contributed by atoms with Crippen molar-refractivity contribution in [2.24, 2.45) is 5.10 Å². The number of carbonyl (C=O) groups is 1. The zero-order chi connectivity index (χ0) is 19.8. The molecule has 0 amide bonds. The maximum absolute atomic E-state index is 11.2. The zero-order valence-corrected chi connectivity index (χ0v) is 15.3. The maximum atomic E-state index is 11.2. The third-order valence-corrected chi connectivity index (χ3v) is 3.98. The number of hydrazone groups is 1. The first-order chi connectivity index (χ1) is 13.7. The molecule has 0 aliphatic heterocycles. The number of hydrogen-bond donors (Lipinski definition) is 2. The molecule has 0 atom stereocenters. The van der Waals surface area contributed by atoms with Gasteiger partial charge >= 0.3 is 5.97 Å². The number of ether oxygens (including phenoxy) is 2. The van der Waals surface area contributed by atoms with Crippen LogP contribution in [0.4, 0.5) is 5.69 Å². The van der Waals surface area contributed by atoms with Crippen LogP contribution in [0, 0.1) is 0 Å². The van der Waals surface area contributed by atoms with Gasteiger partial charge in [-0.15, -0.1) is 0 Å². The lowest BCUT2D eigenvalue weighted by Gasteiger charge is -2.11. The van der Waals surface area contributed by atoms with Crippen molar-refractivity contribution in [1.29, 1.82) is 0 Å². The number of aromatic carboxylic acids is 1. The van der Waals surface area contributed by atoms with Crippen LogP contribution >= 0.6 is 0 Å². The Morgan fingerprint density at radius 1 is 1.04 bits per heavy atom. The van der Waals surface area contributed by atoms with E-state index in [-0.39, 0.29) is 5.56 Å². The predicted octanol–water partition coefficient (Wildman–Crippen LogP) is 4.42. The van der Waals surface area contributed by atoms with E-state index in [1.807, 2.05) is 42.5 Å². The molecule has 0 spiro atoms. The summed E-state index contributed by atoms with van der Waals surface area (Å²) in [5, 5.41) is 13.3. The highest BCUT2D eigenvalue weighted by molar-refractivity contribution is 5.94. The van der Waals surface area contributed by atoms with Crippen LogP contribution < -0.4 is 14.9 Å². The number of rotatable bonds is 8. The molecule has 3 aromatic rings. The summed E-state index contributed by atoms with van der Waals surface area (Å²) >= 11 is 0. The van der Waals surface area contributed by atoms with Crippen molar-refractivity contribution in [3.05, 3.63) is 89.5 Å². The first-order valence-corrected chi connectivity index (χ1v) is 8.63. The molecule has 3 aromatic carbocycles. The van der Waals surface area contributed by atoms with E-state index in [4.69, 9.17) is 9.47 Å². The van der Waals surface area contributed by atoms with Gasteiger partial charge in [-0.1, -0.05) is 42.5 Å². The maximum Gasteiger partial charge on any atom is 0.337 e. The van der Waals surface area contributed by atoms with Gasteiger partial charge in [-0.25, -0.2) is 4.79 Å². The van der Waals surface area contributed by atoms with Crippen molar-refractivity contribution in [2.45, 2.75) is 6.61 Å². The number of methoxy groups -OCH3 is 1. The third kappa shape index (κ3) is 4.88. The van der Waals surface area contributed by atoms with Gasteiger partial charge in [-0.05, 0) is 41.5 Å². The lowest BCUT2D eigenvalue weighted by Crippen LogP contribution is -2.02. The van der Waals surface area contributed by atoms with Crippen LogP contribution in [0.1, 0.15) is 21.5 Å². The minimum absolute atomic E-state index is 0.155. The van der Waals surface area contributed by atoms with Gasteiger partial charge < -0.3 is 14.6 Å². The molecule has 0 aromatic heterocycles. The molecule has 28 heavy (non-hydrogen) atoms. The van der Waals surface area contributed by atoms with Crippen molar-refractivity contribution < 1.29 is 19.4 Å². The van der Waals surface area contributed by atoms with E-state index in [9.17, 15) is 9.90 Å². The predicted molar refractivity (Wildman–Crippen MR) is 108 cm³/mol. The second-order valence-electron chi connectivity index (χ2n) is 5.91. The standard InChI is InChI=1S/C22H20N2O4/c1-27-21-13-17(11-12-20(21)28-15-16-7-3-2-4-8-16)14-23-24-19-10-6-5-9-18(19)22(25)26/h2-14,24H,15H2,1H3,(H,25,26)/b23-14+. The van der Waals surface area contributed by atoms with Gasteiger partial charge in [0.25, 0.3) is 0 Å². The zero-order valence-electron chi connectivity index (χ0n) is 15.3. The third-order valence-electron chi connectivity index (χ3n) is 3.98. The molecule has 0 saturated heterocycles. The Morgan fingerprint density at radius 2 is 1.79 bits per heavy atom. The monoisotopic (exact) mass is 376 g/mol. The lowest BCUT2D eigenvalue weighted by atomic mass is 10.2. The molecule has 3 rings (SSSR count). The van der Waals surface area contributed by atoms with E-state index in [0.717, 1.165) is 11.1 Å². The largest absolute Gasteiger partial charge is 0.493 e. The second kappa shape index (κ2) is 9.23. The van der Waals surface area contributed by atoms with E-state index < -0.39 is 5.97 Å². The van der Waals surface area contributed by atoms with Crippen LogP contribution in [-0.4, -0.2) is 24.4 Å². The van der Waals surface area contributed by atoms with Crippen molar-refractivity contribution in [1.82, 2.24) is 0 Å². The van der Waals surface area contributed by atoms with E-state index >= 15 is 0 Å². The quantitative estimate of drug-likeness (QED) is 0.449. The second-order valence-corrected chi connectivity index (χ2v) is 5.91. The molecule has 0 aliphatic carbocycles. The molecule has 0 aliphatic rings. The Hall–Kier alpha value is -3.80. The summed E-state index contributed by atoms with van der Waals surface area (Å²) in [6.07, 6.45) is 1.59. The Morgan fingerprint density at radius 3 is 2.54 bits per heavy atom. The van der Waals surface area contributed by atoms with E-state index in [1.165, 1.54) is 6.07 Å². The minimum atomic E-state index is -1.01. The fourth-order valence-corrected chi connectivity index (χ4v) is 2.56. The highest BCUT2D eigenvalue weighted by atomic mass is 16.5. The first-order valence-electron chi connectivity index (χ1n) is 8.63. The lowest BCUT2D eigenvalue weighted by molar-refractivity contribution is 0.0698. The number of benzene rings is 3. The highest BCUT2D eigenvalue weighted by Gasteiger charge is 2.08. The molecule has 0 fully saturated rings. The van der Waals surface area contributed by atoms with Gasteiger partial charge in [0.15, 0.2) is 11.5 Å². The van der Waals surface area contributed by atoms with Gasteiger partial charge in [0.2, 0.25) is 0 Å². The summed E-state index contributed by atoms with van der Waals surface area (Å²) in [6, 6.07) is 21.9. The molecule has 0 radical (unpaired) electrons. The van der Waals surface area contributed by atoms with Gasteiger partial charge in [-0.3, -0.25) is 5.43 Å². The summed E-state index contributed by atoms with van der Waals surface area (Å²) in [6.45, 7) is 0.443. The Kier molecular flexibility index (Phi) is 6.25. The summed E-state index contributed by atoms with van der Waals surface area (Å²) in [5.41, 5.74) is 5.18. The average Bonchev–Trinajstić information content (AvgIpc) is 2.73. The summed E-state index contributed by atoms with van der Waals surface area (Å²) in [5.74, 6) is 0.207. The molecule has 142 valence electrons. The minimum Gasteiger partial charge on any atom is -0.493 e. The van der Waals surface area contributed by atoms with Crippen LogP contribution in [0.5, 0.6) is 11.5 Å². The molecule has 2 N–H and O–H groups in total. The van der Waals surface area contributed by atoms with Crippen LogP contribution in [0.15, 0.2) is 77.9 Å². The smallest absolute Gasteiger partial charge is 0.337 e. The van der Waals surface area contributed by atoms with Crippen LogP contribution in [0.3, 0.4) is 0 Å². The summed E-state index contributed by atoms with van der Waals surface area (Å²) in [4.78, 5) is 11.2. The van der Waals surface area contributed by atoms with Gasteiger partial charge in [0, 0.05) is 0 Å². The van der Waals surface area contributed by atoms with E-state index in [2.05, 4.69) is 10.5 Å². The topological polar surface area (TPSA) is 80.2 Å². The molecule has 6 nitrogen and oxygen atoms in total. The van der Waals surface area contributed by atoms with Gasteiger partial charge in [-0.2, -0.15) is 5.10 Å². The summed E-state index contributed by atoms with van der Waals surface area (Å²) < 4.78 is 11.2. The Bertz CT molecular complexity index is 971. The molecule has 6 heteroatoms. The number of carboxylic acid groups (broad SMARTS) is 1. The van der Waals surface area contributed by atoms with Crippen molar-refractivity contribution in [3.63, 3.8) is 0 Å². The average molecular weight is 376 g/mol. The van der Waals surface area contributed by atoms with Crippen LogP contribution in [0.25, 0.3) is 0 Å². The number of hydrogen-bond acceptors (Lipinski definition) is 5. The number of nitrogens with zero attached hydrogens (tertiary/aromatic N) is 1. The fourth-order valence-electron chi connectivity index (χ4n) is 2.56. The van der Waals surface area contributed by atoms with Gasteiger partial charge in [0.1, 0.15) is 6.61 Å². The van der Waals surface area contributed by atoms with Gasteiger partial charge in [0.05, 0.1) is 24.6 Å². The normalized spacial score (nSPS) is 10.6. The molecular weight excluding hydrogens is 356 g/mol. The molecule has 0 bridgehead atoms. The fraction of sp³-hybridized carbons (Fsp3) is 0.0909. The summed E-state index contributed by atoms with van der Waals surface area (Å²) in [7, 11) is 1.58. The Labute approximate surface area is 163 Å². The van der Waals surface area contributed by atoms with Crippen molar-refractivity contribution in [2.75, 3.05) is 12.5 Å². The molecule has 0 unspecified atom stereocenters. The first kappa shape index (κ1) is 19.0. The van der Waals surface area contributed by atoms with Crippen molar-refractivity contribution in [3.8, 4) is 11.5 Å². The van der Waals surface area contributed by atoms with Crippen LogP contribution in [0.2, 0.25) is 0 Å². The number of para-hydroxylation sites is 1. The molecule has 0 saturated carbocycles. The molecule has 0 heterocycles.